The molecule has 0 aromatic heterocycles. The summed E-state index contributed by atoms with van der Waals surface area (Å²) in [6.45, 7) is 2.04. The maximum atomic E-state index is 13.3. The Morgan fingerprint density at radius 2 is 1.67 bits per heavy atom. The third kappa shape index (κ3) is 9.52. The van der Waals surface area contributed by atoms with Crippen LogP contribution in [0.3, 0.4) is 0 Å². The van der Waals surface area contributed by atoms with Gasteiger partial charge in [0.25, 0.3) is 17.7 Å². The van der Waals surface area contributed by atoms with E-state index in [0.717, 1.165) is 56.4 Å². The fraction of sp³-hybridized carbons (Fsp3) is 0.312. The van der Waals surface area contributed by atoms with Gasteiger partial charge >= 0.3 is 6.18 Å². The van der Waals surface area contributed by atoms with Gasteiger partial charge in [0.05, 0.1) is 47.9 Å². The van der Waals surface area contributed by atoms with E-state index in [1.807, 2.05) is 0 Å². The number of amides is 3. The summed E-state index contributed by atoms with van der Waals surface area (Å²) in [4.78, 5) is 41.3. The number of halogens is 4. The fourth-order valence-corrected chi connectivity index (χ4v) is 4.97. The van der Waals surface area contributed by atoms with Gasteiger partial charge in [-0.3, -0.25) is 14.4 Å². The highest BCUT2D eigenvalue weighted by molar-refractivity contribution is 6.31. The molecule has 244 valence electrons. The number of aliphatic hydroxyl groups excluding tert-OH is 1. The predicted molar refractivity (Wildman–Crippen MR) is 169 cm³/mol. The normalized spacial score (nSPS) is 13.5. The van der Waals surface area contributed by atoms with E-state index in [-0.39, 0.29) is 54.3 Å². The lowest BCUT2D eigenvalue weighted by molar-refractivity contribution is -0.137. The molecular weight excluding hydrogens is 627 g/mol. The zero-order valence-corrected chi connectivity index (χ0v) is 25.5. The summed E-state index contributed by atoms with van der Waals surface area (Å²) in [6.07, 6.45) is -0.519. The number of anilines is 2. The van der Waals surface area contributed by atoms with Gasteiger partial charge < -0.3 is 25.4 Å². The molecule has 0 spiro atoms. The minimum atomic E-state index is -4.66. The molecule has 10 nitrogen and oxygen atoms in total. The van der Waals surface area contributed by atoms with E-state index in [4.69, 9.17) is 21.4 Å². The summed E-state index contributed by atoms with van der Waals surface area (Å²) in [5.41, 5.74) is 2.77. The zero-order valence-electron chi connectivity index (χ0n) is 24.7. The van der Waals surface area contributed by atoms with Crippen molar-refractivity contribution in [3.63, 3.8) is 0 Å². The lowest BCUT2D eigenvalue weighted by atomic mass is 10.1. The molecule has 0 atom stereocenters. The largest absolute Gasteiger partial charge is 0.417 e. The minimum absolute atomic E-state index is 0.0641. The first-order valence-corrected chi connectivity index (χ1v) is 14.9. The van der Waals surface area contributed by atoms with Crippen LogP contribution in [0.1, 0.15) is 61.5 Å². The van der Waals surface area contributed by atoms with Crippen LogP contribution in [0.15, 0.2) is 65.8 Å². The highest BCUT2D eigenvalue weighted by atomic mass is 35.5. The molecule has 1 aliphatic rings. The van der Waals surface area contributed by atoms with Crippen molar-refractivity contribution in [2.24, 2.45) is 5.10 Å². The van der Waals surface area contributed by atoms with E-state index >= 15 is 0 Å². The van der Waals surface area contributed by atoms with Gasteiger partial charge in [-0.2, -0.15) is 18.3 Å². The Labute approximate surface area is 268 Å². The summed E-state index contributed by atoms with van der Waals surface area (Å²) in [5, 5.41) is 17.5. The molecule has 1 saturated heterocycles. The number of nitrogens with one attached hydrogen (secondary N) is 3. The molecule has 0 bridgehead atoms. The maximum Gasteiger partial charge on any atom is 0.417 e. The molecule has 3 aromatic carbocycles. The Morgan fingerprint density at radius 1 is 0.935 bits per heavy atom. The highest BCUT2D eigenvalue weighted by Gasteiger charge is 2.33. The average Bonchev–Trinajstić information content (AvgIpc) is 3.05. The van der Waals surface area contributed by atoms with Gasteiger partial charge in [-0.1, -0.05) is 23.7 Å². The molecule has 3 amide bonds. The topological polar surface area (TPSA) is 132 Å². The first kappa shape index (κ1) is 34.4. The lowest BCUT2D eigenvalue weighted by Crippen LogP contribution is -2.30. The zero-order chi connectivity index (χ0) is 33.1. The number of hydrogen-bond acceptors (Lipinski definition) is 7. The Kier molecular flexibility index (Phi) is 12.1. The molecule has 14 heteroatoms. The SMILES string of the molecule is O=C(NCCOCCO)c1cccc(C(=O)Nc2ccc(N3CCCCC3)cc2C(=O)NN=Cc2ccc(Cl)c(C(F)(F)F)c2)c1. The summed E-state index contributed by atoms with van der Waals surface area (Å²) in [5.74, 6) is -1.70. The van der Waals surface area contributed by atoms with Crippen LogP contribution in [0.2, 0.25) is 5.02 Å². The number of hydrazone groups is 1. The number of rotatable bonds is 12. The van der Waals surface area contributed by atoms with E-state index in [1.54, 1.807) is 30.3 Å². The Hall–Kier alpha value is -4.46. The van der Waals surface area contributed by atoms with Gasteiger partial charge in [-0.25, -0.2) is 5.43 Å². The predicted octanol–water partition coefficient (Wildman–Crippen LogP) is 5.10. The second-order valence-electron chi connectivity index (χ2n) is 10.3. The average molecular weight is 660 g/mol. The summed E-state index contributed by atoms with van der Waals surface area (Å²) < 4.78 is 44.9. The van der Waals surface area contributed by atoms with E-state index < -0.39 is 34.5 Å². The summed E-state index contributed by atoms with van der Waals surface area (Å²) >= 11 is 5.68. The molecule has 4 rings (SSSR count). The molecule has 1 heterocycles. The van der Waals surface area contributed by atoms with E-state index in [2.05, 4.69) is 26.1 Å². The van der Waals surface area contributed by atoms with Crippen molar-refractivity contribution in [3.8, 4) is 0 Å². The first-order valence-electron chi connectivity index (χ1n) is 14.5. The van der Waals surface area contributed by atoms with Crippen molar-refractivity contribution in [2.45, 2.75) is 25.4 Å². The second kappa shape index (κ2) is 16.2. The smallest absolute Gasteiger partial charge is 0.394 e. The van der Waals surface area contributed by atoms with Crippen molar-refractivity contribution in [1.82, 2.24) is 10.7 Å². The number of carbonyl (C=O) groups is 3. The molecule has 46 heavy (non-hydrogen) atoms. The van der Waals surface area contributed by atoms with Crippen LogP contribution in [0.5, 0.6) is 0 Å². The van der Waals surface area contributed by atoms with Crippen LogP contribution in [0, 0.1) is 0 Å². The minimum Gasteiger partial charge on any atom is -0.394 e. The van der Waals surface area contributed by atoms with Gasteiger partial charge in [0.15, 0.2) is 0 Å². The Morgan fingerprint density at radius 3 is 2.39 bits per heavy atom. The number of nitrogens with zero attached hydrogens (tertiary/aromatic N) is 2. The third-order valence-electron chi connectivity index (χ3n) is 7.05. The van der Waals surface area contributed by atoms with E-state index in [9.17, 15) is 27.6 Å². The third-order valence-corrected chi connectivity index (χ3v) is 7.38. The quantitative estimate of drug-likeness (QED) is 0.122. The number of aliphatic hydroxyl groups is 1. The Balaban J connectivity index is 1.52. The summed E-state index contributed by atoms with van der Waals surface area (Å²) in [7, 11) is 0. The molecule has 0 saturated carbocycles. The molecule has 4 N–H and O–H groups in total. The molecule has 0 radical (unpaired) electrons. The van der Waals surface area contributed by atoms with Crippen LogP contribution < -0.4 is 21.0 Å². The lowest BCUT2D eigenvalue weighted by Gasteiger charge is -2.29. The van der Waals surface area contributed by atoms with Crippen molar-refractivity contribution in [2.75, 3.05) is 49.7 Å². The molecule has 0 unspecified atom stereocenters. The van der Waals surface area contributed by atoms with Crippen LogP contribution in [-0.2, 0) is 10.9 Å². The monoisotopic (exact) mass is 659 g/mol. The standard InChI is InChI=1S/C32H33ClF3N5O5/c33-27-9-7-21(17-26(27)32(34,35)36)20-38-40-31(45)25-19-24(41-12-2-1-3-13-41)8-10-28(25)39-30(44)23-6-4-5-22(18-23)29(43)37-11-15-46-16-14-42/h4-10,17-20,42H,1-3,11-16H2,(H,37,43)(H,39,44)(H,40,45). The van der Waals surface area contributed by atoms with E-state index in [0.29, 0.717) is 0 Å². The van der Waals surface area contributed by atoms with Gasteiger partial charge in [-0.05, 0) is 73.4 Å². The van der Waals surface area contributed by atoms with Crippen LogP contribution in [0.4, 0.5) is 24.5 Å². The number of ether oxygens (including phenoxy) is 1. The molecule has 1 aliphatic heterocycles. The number of alkyl halides is 3. The maximum absolute atomic E-state index is 13.3. The number of piperidine rings is 1. The molecule has 0 aliphatic carbocycles. The fourth-order valence-electron chi connectivity index (χ4n) is 4.75. The Bertz CT molecular complexity index is 1580. The van der Waals surface area contributed by atoms with Crippen molar-refractivity contribution >= 4 is 46.9 Å². The van der Waals surface area contributed by atoms with Crippen LogP contribution >= 0.6 is 11.6 Å². The van der Waals surface area contributed by atoms with Crippen LogP contribution in [0.25, 0.3) is 0 Å². The van der Waals surface area contributed by atoms with Crippen molar-refractivity contribution in [3.05, 3.63) is 93.5 Å². The van der Waals surface area contributed by atoms with Crippen molar-refractivity contribution < 1.29 is 37.4 Å². The highest BCUT2D eigenvalue weighted by Crippen LogP contribution is 2.35. The molecule has 1 fully saturated rings. The summed E-state index contributed by atoms with van der Waals surface area (Å²) in [6, 6.07) is 14.3. The number of carbonyl (C=O) groups excluding carboxylic acids is 3. The molecule has 3 aromatic rings. The van der Waals surface area contributed by atoms with Gasteiger partial charge in [0.1, 0.15) is 0 Å². The number of hydrogen-bond donors (Lipinski definition) is 4. The van der Waals surface area contributed by atoms with Gasteiger partial charge in [0.2, 0.25) is 0 Å². The second-order valence-corrected chi connectivity index (χ2v) is 10.7. The van der Waals surface area contributed by atoms with Crippen molar-refractivity contribution in [1.29, 1.82) is 0 Å². The van der Waals surface area contributed by atoms with Gasteiger partial charge in [0, 0.05) is 36.4 Å². The molecular formula is C32H33ClF3N5O5. The number of benzene rings is 3. The van der Waals surface area contributed by atoms with Gasteiger partial charge in [-0.15, -0.1) is 0 Å². The first-order chi connectivity index (χ1) is 22.1. The van der Waals surface area contributed by atoms with E-state index in [1.165, 1.54) is 18.2 Å². The van der Waals surface area contributed by atoms with Crippen LogP contribution in [-0.4, -0.2) is 68.5 Å².